The van der Waals surface area contributed by atoms with Crippen LogP contribution in [0.4, 0.5) is 0 Å². The number of carbonyl (C=O) groups excluding carboxylic acids is 3. The molecule has 0 aromatic heterocycles. The van der Waals surface area contributed by atoms with Gasteiger partial charge >= 0.3 is 0 Å². The monoisotopic (exact) mass is 429 g/mol. The Morgan fingerprint density at radius 2 is 1.55 bits per heavy atom. The van der Waals surface area contributed by atoms with Crippen molar-refractivity contribution in [2.75, 3.05) is 0 Å². The third-order valence-corrected chi connectivity index (χ3v) is 8.22. The van der Waals surface area contributed by atoms with E-state index in [-0.39, 0.29) is 35.8 Å². The van der Waals surface area contributed by atoms with Crippen LogP contribution in [0.2, 0.25) is 0 Å². The predicted octanol–water partition coefficient (Wildman–Crippen LogP) is 2.05. The third kappa shape index (κ3) is 3.06. The van der Waals surface area contributed by atoms with Crippen molar-refractivity contribution in [1.82, 2.24) is 15.5 Å². The van der Waals surface area contributed by atoms with Gasteiger partial charge in [-0.15, -0.1) is 0 Å². The molecule has 4 fully saturated rings. The van der Waals surface area contributed by atoms with Gasteiger partial charge in [-0.25, -0.2) is 0 Å². The Labute approximate surface area is 184 Å². The summed E-state index contributed by atoms with van der Waals surface area (Å²) in [7, 11) is 0. The predicted molar refractivity (Wildman–Crippen MR) is 115 cm³/mol. The lowest BCUT2D eigenvalue weighted by Crippen LogP contribution is -2.57. The summed E-state index contributed by atoms with van der Waals surface area (Å²) in [6.45, 7) is 5.74. The van der Waals surface area contributed by atoms with Crippen LogP contribution >= 0.6 is 0 Å². The summed E-state index contributed by atoms with van der Waals surface area (Å²) in [4.78, 5) is 42.3. The molecule has 0 aromatic rings. The van der Waals surface area contributed by atoms with Crippen LogP contribution in [-0.2, 0) is 19.1 Å². The minimum atomic E-state index is -1.07. The zero-order chi connectivity index (χ0) is 22.0. The number of ether oxygens (including phenoxy) is 1. The highest BCUT2D eigenvalue weighted by Gasteiger charge is 2.76. The number of likely N-dealkylation sites (tertiary alicyclic amines) is 1. The lowest BCUT2D eigenvalue weighted by molar-refractivity contribution is -0.147. The second-order valence-electron chi connectivity index (χ2n) is 10.6. The van der Waals surface area contributed by atoms with E-state index in [4.69, 9.17) is 4.74 Å². The Balaban J connectivity index is 1.47. The lowest BCUT2D eigenvalue weighted by Gasteiger charge is -2.35. The first-order valence-corrected chi connectivity index (χ1v) is 12.1. The number of hydrogen-bond donors (Lipinski definition) is 2. The number of rotatable bonds is 5. The highest BCUT2D eigenvalue weighted by Crippen LogP contribution is 2.60. The molecule has 1 spiro atoms. The maximum Gasteiger partial charge on any atom is 0.246 e. The number of carbonyl (C=O) groups is 3. The molecule has 7 nitrogen and oxygen atoms in total. The minimum Gasteiger partial charge on any atom is -0.356 e. The largest absolute Gasteiger partial charge is 0.356 e. The van der Waals surface area contributed by atoms with Crippen LogP contribution in [0, 0.1) is 11.8 Å². The van der Waals surface area contributed by atoms with E-state index in [2.05, 4.69) is 10.6 Å². The smallest absolute Gasteiger partial charge is 0.246 e. The average molecular weight is 430 g/mol. The minimum absolute atomic E-state index is 0.112. The van der Waals surface area contributed by atoms with Crippen molar-refractivity contribution < 1.29 is 19.1 Å². The molecule has 2 N–H and O–H groups in total. The van der Waals surface area contributed by atoms with E-state index in [1.54, 1.807) is 4.90 Å². The highest BCUT2D eigenvalue weighted by molar-refractivity contribution is 6.00. The van der Waals surface area contributed by atoms with Gasteiger partial charge in [-0.1, -0.05) is 37.8 Å². The number of hydrogen-bond acceptors (Lipinski definition) is 4. The van der Waals surface area contributed by atoms with E-state index in [1.165, 1.54) is 0 Å². The van der Waals surface area contributed by atoms with Crippen LogP contribution in [0.25, 0.3) is 0 Å². The molecule has 2 saturated carbocycles. The Bertz CT molecular complexity index is 814. The first kappa shape index (κ1) is 21.0. The molecule has 2 aliphatic carbocycles. The van der Waals surface area contributed by atoms with E-state index in [9.17, 15) is 14.4 Å². The summed E-state index contributed by atoms with van der Waals surface area (Å²) in [6, 6.07) is -0.567. The Morgan fingerprint density at radius 1 is 1.00 bits per heavy atom. The molecule has 3 aliphatic heterocycles. The Morgan fingerprint density at radius 3 is 2.10 bits per heavy atom. The average Bonchev–Trinajstić information content (AvgIpc) is 3.49. The van der Waals surface area contributed by atoms with Gasteiger partial charge in [-0.2, -0.15) is 0 Å². The van der Waals surface area contributed by atoms with Crippen molar-refractivity contribution in [3.63, 3.8) is 0 Å². The zero-order valence-corrected chi connectivity index (χ0v) is 18.9. The number of fused-ring (bicyclic) bond motifs is 1. The maximum atomic E-state index is 13.7. The van der Waals surface area contributed by atoms with Gasteiger partial charge in [0.05, 0.1) is 17.4 Å². The van der Waals surface area contributed by atoms with Gasteiger partial charge in [0.15, 0.2) is 0 Å². The highest BCUT2D eigenvalue weighted by atomic mass is 16.5. The Kier molecular flexibility index (Phi) is 4.96. The summed E-state index contributed by atoms with van der Waals surface area (Å²) in [6.07, 6.45) is 12.2. The van der Waals surface area contributed by atoms with Gasteiger partial charge in [-0.05, 0) is 46.5 Å². The topological polar surface area (TPSA) is 87.7 Å². The summed E-state index contributed by atoms with van der Waals surface area (Å²) in [5, 5.41) is 6.37. The second-order valence-corrected chi connectivity index (χ2v) is 10.6. The lowest BCUT2D eigenvalue weighted by atomic mass is 9.70. The summed E-state index contributed by atoms with van der Waals surface area (Å²) < 4.78 is 6.52. The molecule has 7 heteroatoms. The molecule has 5 atom stereocenters. The molecule has 2 bridgehead atoms. The van der Waals surface area contributed by atoms with Crippen LogP contribution in [0.15, 0.2) is 12.2 Å². The van der Waals surface area contributed by atoms with Crippen LogP contribution in [0.3, 0.4) is 0 Å². The molecule has 5 aliphatic rings. The van der Waals surface area contributed by atoms with Crippen LogP contribution in [-0.4, -0.2) is 58.0 Å². The van der Waals surface area contributed by atoms with Crippen LogP contribution in [0.1, 0.15) is 72.1 Å². The molecule has 0 unspecified atom stereocenters. The number of nitrogens with one attached hydrogen (secondary N) is 2. The van der Waals surface area contributed by atoms with Gasteiger partial charge in [0, 0.05) is 18.1 Å². The normalized spacial score (nSPS) is 39.7. The maximum absolute atomic E-state index is 13.7. The van der Waals surface area contributed by atoms with Gasteiger partial charge in [-0.3, -0.25) is 14.4 Å². The SMILES string of the molecule is CC(C)N1C(=O)[C@@H]2[C@H](C(=O)NC3CCCC3)[C@@]3(C)C=C[C@@]2(O3)[C@@H]1C(=O)NC1CCCC1. The molecular weight excluding hydrogens is 394 g/mol. The summed E-state index contributed by atoms with van der Waals surface area (Å²) in [5.41, 5.74) is -1.94. The van der Waals surface area contributed by atoms with Crippen molar-refractivity contribution in [2.24, 2.45) is 11.8 Å². The molecule has 3 amide bonds. The van der Waals surface area contributed by atoms with Crippen molar-refractivity contribution in [1.29, 1.82) is 0 Å². The van der Waals surface area contributed by atoms with Gasteiger partial charge in [0.25, 0.3) is 0 Å². The van der Waals surface area contributed by atoms with Gasteiger partial charge in [0.1, 0.15) is 11.6 Å². The van der Waals surface area contributed by atoms with Gasteiger partial charge in [0.2, 0.25) is 17.7 Å². The third-order valence-electron chi connectivity index (χ3n) is 8.22. The molecule has 2 saturated heterocycles. The molecule has 170 valence electrons. The molecule has 5 rings (SSSR count). The van der Waals surface area contributed by atoms with Crippen LogP contribution < -0.4 is 10.6 Å². The molecular formula is C24H35N3O4. The molecule has 0 radical (unpaired) electrons. The van der Waals surface area contributed by atoms with E-state index < -0.39 is 29.1 Å². The zero-order valence-electron chi connectivity index (χ0n) is 18.9. The number of amides is 3. The van der Waals surface area contributed by atoms with E-state index in [0.717, 1.165) is 51.4 Å². The van der Waals surface area contributed by atoms with Crippen molar-refractivity contribution in [2.45, 2.75) is 108 Å². The first-order valence-electron chi connectivity index (χ1n) is 12.1. The second kappa shape index (κ2) is 7.32. The fourth-order valence-electron chi connectivity index (χ4n) is 6.84. The van der Waals surface area contributed by atoms with Gasteiger partial charge < -0.3 is 20.3 Å². The molecule has 31 heavy (non-hydrogen) atoms. The summed E-state index contributed by atoms with van der Waals surface area (Å²) >= 11 is 0. The number of nitrogens with zero attached hydrogens (tertiary/aromatic N) is 1. The van der Waals surface area contributed by atoms with E-state index in [1.807, 2.05) is 32.9 Å². The van der Waals surface area contributed by atoms with E-state index in [0.29, 0.717) is 0 Å². The molecule has 0 aromatic carbocycles. The Hall–Kier alpha value is -1.89. The first-order chi connectivity index (χ1) is 14.8. The standard InChI is InChI=1S/C24H35N3O4/c1-14(2)27-19(21(29)26-16-10-6-7-11-16)24-13-12-23(3,31-24)17(18(24)22(27)30)20(28)25-15-8-4-5-9-15/h12-19H,4-11H2,1-3H3,(H,25,28)(H,26,29)/t17-,18+,19+,23-,24+/m1/s1. The van der Waals surface area contributed by atoms with Crippen molar-refractivity contribution in [3.8, 4) is 0 Å². The van der Waals surface area contributed by atoms with E-state index >= 15 is 0 Å². The van der Waals surface area contributed by atoms with Crippen molar-refractivity contribution >= 4 is 17.7 Å². The fourth-order valence-corrected chi connectivity index (χ4v) is 6.84. The quantitative estimate of drug-likeness (QED) is 0.655. The van der Waals surface area contributed by atoms with Crippen molar-refractivity contribution in [3.05, 3.63) is 12.2 Å². The summed E-state index contributed by atoms with van der Waals surface area (Å²) in [5.74, 6) is -1.68. The molecule has 3 heterocycles. The van der Waals surface area contributed by atoms with Crippen LogP contribution in [0.5, 0.6) is 0 Å². The fraction of sp³-hybridized carbons (Fsp3) is 0.792.